The normalized spacial score (nSPS) is 23.9. The van der Waals surface area contributed by atoms with Crippen molar-refractivity contribution in [1.29, 1.82) is 0 Å². The fourth-order valence-corrected chi connectivity index (χ4v) is 6.13. The van der Waals surface area contributed by atoms with Crippen LogP contribution in [-0.4, -0.2) is 30.2 Å². The molecule has 3 atom stereocenters. The Morgan fingerprint density at radius 3 is 2.50 bits per heavy atom. The molecule has 2 fully saturated rings. The molecule has 4 rings (SSSR count). The third kappa shape index (κ3) is 5.70. The van der Waals surface area contributed by atoms with Gasteiger partial charge in [0.15, 0.2) is 0 Å². The quantitative estimate of drug-likeness (QED) is 0.564. The number of aromatic nitrogens is 2. The molecular weight excluding hydrogens is 456 g/mol. The van der Waals surface area contributed by atoms with Gasteiger partial charge < -0.3 is 4.74 Å². The molecule has 186 valence electrons. The predicted octanol–water partition coefficient (Wildman–Crippen LogP) is 3.83. The Hall–Kier alpha value is -2.23. The molecule has 1 aliphatic heterocycles. The van der Waals surface area contributed by atoms with E-state index in [2.05, 4.69) is 4.98 Å². The maximum absolute atomic E-state index is 13.0. The van der Waals surface area contributed by atoms with Crippen LogP contribution in [-0.2, 0) is 25.5 Å². The highest BCUT2D eigenvalue weighted by Crippen LogP contribution is 2.34. The first-order valence-corrected chi connectivity index (χ1v) is 13.7. The van der Waals surface area contributed by atoms with Crippen molar-refractivity contribution >= 4 is 10.1 Å². The second kappa shape index (κ2) is 10.6. The molecule has 1 saturated heterocycles. The van der Waals surface area contributed by atoms with Crippen molar-refractivity contribution in [2.45, 2.75) is 95.0 Å². The van der Waals surface area contributed by atoms with Crippen LogP contribution >= 0.6 is 0 Å². The van der Waals surface area contributed by atoms with E-state index in [0.717, 1.165) is 24.3 Å². The Kier molecular flexibility index (Phi) is 7.74. The van der Waals surface area contributed by atoms with Gasteiger partial charge in [0, 0.05) is 18.2 Å². The van der Waals surface area contributed by atoms with Gasteiger partial charge in [0.1, 0.15) is 12.3 Å². The fourth-order valence-electron chi connectivity index (χ4n) is 5.02. The topological polar surface area (TPSA) is 107 Å². The molecule has 0 bridgehead atoms. The molecule has 1 aliphatic carbocycles. The van der Waals surface area contributed by atoms with Crippen molar-refractivity contribution in [1.82, 2.24) is 9.55 Å². The van der Waals surface area contributed by atoms with E-state index in [9.17, 15) is 18.0 Å². The van der Waals surface area contributed by atoms with Crippen molar-refractivity contribution < 1.29 is 17.3 Å². The number of nitrogens with one attached hydrogen (secondary N) is 1. The summed E-state index contributed by atoms with van der Waals surface area (Å²) in [5, 5.41) is 0. The van der Waals surface area contributed by atoms with E-state index >= 15 is 0 Å². The van der Waals surface area contributed by atoms with Crippen LogP contribution in [0.3, 0.4) is 0 Å². The maximum atomic E-state index is 13.0. The average Bonchev–Trinajstić information content (AvgIpc) is 3.22. The van der Waals surface area contributed by atoms with Crippen molar-refractivity contribution in [3.63, 3.8) is 0 Å². The van der Waals surface area contributed by atoms with Crippen LogP contribution in [0.5, 0.6) is 0 Å². The van der Waals surface area contributed by atoms with Crippen LogP contribution in [0.25, 0.3) is 0 Å². The van der Waals surface area contributed by atoms with Crippen molar-refractivity contribution in [2.75, 3.05) is 0 Å². The number of ether oxygens (including phenoxy) is 1. The summed E-state index contributed by atoms with van der Waals surface area (Å²) >= 11 is 0. The van der Waals surface area contributed by atoms with E-state index in [0.29, 0.717) is 12.0 Å². The molecule has 1 saturated carbocycles. The summed E-state index contributed by atoms with van der Waals surface area (Å²) in [4.78, 5) is 26.3. The Morgan fingerprint density at radius 1 is 1.12 bits per heavy atom. The third-order valence-corrected chi connectivity index (χ3v) is 8.42. The lowest BCUT2D eigenvalue weighted by Gasteiger charge is -2.21. The zero-order valence-electron chi connectivity index (χ0n) is 19.9. The Labute approximate surface area is 200 Å². The van der Waals surface area contributed by atoms with Crippen molar-refractivity contribution in [3.05, 3.63) is 62.4 Å². The van der Waals surface area contributed by atoms with Gasteiger partial charge in [-0.05, 0) is 49.8 Å². The summed E-state index contributed by atoms with van der Waals surface area (Å²) in [6, 6.07) is 6.95. The van der Waals surface area contributed by atoms with Crippen LogP contribution in [0, 0.1) is 12.8 Å². The third-order valence-electron chi connectivity index (χ3n) is 7.07. The number of H-pyrrole nitrogens is 1. The van der Waals surface area contributed by atoms with Crippen LogP contribution < -0.4 is 11.2 Å². The molecule has 1 aromatic heterocycles. The lowest BCUT2D eigenvalue weighted by Crippen LogP contribution is -2.33. The predicted molar refractivity (Wildman–Crippen MR) is 128 cm³/mol. The minimum atomic E-state index is -3.99. The van der Waals surface area contributed by atoms with Gasteiger partial charge in [-0.15, -0.1) is 0 Å². The smallest absolute Gasteiger partial charge is 0.330 e. The first-order chi connectivity index (χ1) is 16.3. The van der Waals surface area contributed by atoms with E-state index in [1.807, 2.05) is 19.1 Å². The zero-order chi connectivity index (χ0) is 24.3. The molecule has 0 radical (unpaired) electrons. The number of nitrogens with zero attached hydrogens (tertiary/aromatic N) is 1. The monoisotopic (exact) mass is 490 g/mol. The molecule has 0 spiro atoms. The number of aryl methyl sites for hydroxylation is 2. The fraction of sp³-hybridized carbons (Fsp3) is 0.600. The SMILES string of the molecule is CC[C@H]1O[C@@H](n2cc(C)c(=O)[nH]c2=O)C[C@H]1OS(=O)(=O)c1ccc(CCC2CCCCC2)cc1. The van der Waals surface area contributed by atoms with Crippen LogP contribution in [0.15, 0.2) is 44.9 Å². The number of benzene rings is 1. The number of hydrogen-bond acceptors (Lipinski definition) is 6. The Morgan fingerprint density at radius 2 is 1.82 bits per heavy atom. The lowest BCUT2D eigenvalue weighted by atomic mass is 9.85. The van der Waals surface area contributed by atoms with Gasteiger partial charge in [-0.2, -0.15) is 8.42 Å². The number of rotatable bonds is 8. The van der Waals surface area contributed by atoms with Crippen molar-refractivity contribution in [2.24, 2.45) is 5.92 Å². The van der Waals surface area contributed by atoms with Crippen LogP contribution in [0.2, 0.25) is 0 Å². The molecular formula is C25H34N2O6S. The summed E-state index contributed by atoms with van der Waals surface area (Å²) in [6.45, 7) is 3.47. The number of hydrogen-bond donors (Lipinski definition) is 1. The zero-order valence-corrected chi connectivity index (χ0v) is 20.7. The second-order valence-corrected chi connectivity index (χ2v) is 11.1. The largest absolute Gasteiger partial charge is 0.352 e. The summed E-state index contributed by atoms with van der Waals surface area (Å²) < 4.78 is 38.8. The highest BCUT2D eigenvalue weighted by atomic mass is 32.2. The van der Waals surface area contributed by atoms with Gasteiger partial charge in [0.05, 0.1) is 11.0 Å². The molecule has 9 heteroatoms. The standard InChI is InChI=1S/C25H34N2O6S/c1-3-21-22(15-23(32-21)27-16-17(2)24(28)26-25(27)29)33-34(30,31)20-13-11-19(12-14-20)10-9-18-7-5-4-6-8-18/h11-14,16,18,21-23H,3-10,15H2,1-2H3,(H,26,28,29)/t21-,22-,23-/m1/s1. The van der Waals surface area contributed by atoms with E-state index in [1.165, 1.54) is 42.9 Å². The Bertz CT molecular complexity index is 1200. The van der Waals surface area contributed by atoms with E-state index in [4.69, 9.17) is 8.92 Å². The molecule has 34 heavy (non-hydrogen) atoms. The van der Waals surface area contributed by atoms with Gasteiger partial charge in [-0.3, -0.25) is 18.5 Å². The van der Waals surface area contributed by atoms with E-state index in [1.54, 1.807) is 19.1 Å². The lowest BCUT2D eigenvalue weighted by molar-refractivity contribution is -0.0174. The molecule has 2 heterocycles. The highest BCUT2D eigenvalue weighted by Gasteiger charge is 2.39. The number of aromatic amines is 1. The summed E-state index contributed by atoms with van der Waals surface area (Å²) in [5.74, 6) is 0.778. The minimum Gasteiger partial charge on any atom is -0.352 e. The molecule has 2 aromatic rings. The van der Waals surface area contributed by atoms with Gasteiger partial charge in [-0.25, -0.2) is 4.79 Å². The molecule has 2 aliphatic rings. The molecule has 1 N–H and O–H groups in total. The second-order valence-electron chi connectivity index (χ2n) is 9.53. The van der Waals surface area contributed by atoms with Gasteiger partial charge in [0.2, 0.25) is 0 Å². The Balaban J connectivity index is 1.42. The first-order valence-electron chi connectivity index (χ1n) is 12.3. The van der Waals surface area contributed by atoms with Crippen molar-refractivity contribution in [3.8, 4) is 0 Å². The molecule has 0 unspecified atom stereocenters. The molecule has 8 nitrogen and oxygen atoms in total. The maximum Gasteiger partial charge on any atom is 0.330 e. The summed E-state index contributed by atoms with van der Waals surface area (Å²) in [5.41, 5.74) is 0.455. The van der Waals surface area contributed by atoms with Gasteiger partial charge in [0.25, 0.3) is 15.7 Å². The first kappa shape index (κ1) is 24.9. The highest BCUT2D eigenvalue weighted by molar-refractivity contribution is 7.86. The van der Waals surface area contributed by atoms with Gasteiger partial charge in [-0.1, -0.05) is 51.2 Å². The molecule has 1 aromatic carbocycles. The molecule has 0 amide bonds. The average molecular weight is 491 g/mol. The van der Waals surface area contributed by atoms with E-state index < -0.39 is 39.8 Å². The van der Waals surface area contributed by atoms with E-state index in [-0.39, 0.29) is 11.3 Å². The minimum absolute atomic E-state index is 0.115. The van der Waals surface area contributed by atoms with Crippen LogP contribution in [0.1, 0.15) is 75.6 Å². The van der Waals surface area contributed by atoms with Crippen LogP contribution in [0.4, 0.5) is 0 Å². The van der Waals surface area contributed by atoms with Gasteiger partial charge >= 0.3 is 5.69 Å². The summed E-state index contributed by atoms with van der Waals surface area (Å²) in [7, 11) is -3.99. The summed E-state index contributed by atoms with van der Waals surface area (Å²) in [6.07, 6.45) is 8.88.